The molecule has 0 atom stereocenters. The molecule has 9 nitrogen and oxygen atoms in total. The summed E-state index contributed by atoms with van der Waals surface area (Å²) in [5.74, 6) is 2.98. The van der Waals surface area contributed by atoms with Crippen LogP contribution in [-0.4, -0.2) is 57.6 Å². The first kappa shape index (κ1) is 43.0. The minimum atomic E-state index is -0.0550. The van der Waals surface area contributed by atoms with Gasteiger partial charge in [-0.05, 0) is 49.6 Å². The van der Waals surface area contributed by atoms with E-state index in [9.17, 15) is 0 Å². The van der Waals surface area contributed by atoms with Crippen LogP contribution in [0.25, 0.3) is 98.4 Å². The Morgan fingerprint density at radius 1 is 0.288 bits per heavy atom. The van der Waals surface area contributed by atoms with Gasteiger partial charge >= 0.3 is 0 Å². The molecule has 7 aromatic carbocycles. The fourth-order valence-electron chi connectivity index (χ4n) is 10.3. The van der Waals surface area contributed by atoms with Gasteiger partial charge in [0.25, 0.3) is 0 Å². The zero-order valence-corrected chi connectivity index (χ0v) is 40.7. The highest BCUT2D eigenvalue weighted by Gasteiger charge is 2.37. The van der Waals surface area contributed by atoms with Crippen molar-refractivity contribution in [3.05, 3.63) is 89.5 Å². The maximum Gasteiger partial charge on any atom is 0.225 e. The Balaban J connectivity index is 1.53. The van der Waals surface area contributed by atoms with Crippen molar-refractivity contribution < 1.29 is 28.4 Å². The van der Waals surface area contributed by atoms with Gasteiger partial charge in [0.05, 0.1) is 92.1 Å². The van der Waals surface area contributed by atoms with Crippen LogP contribution in [0.1, 0.15) is 79.0 Å². The summed E-state index contributed by atoms with van der Waals surface area (Å²) in [6.45, 7) is 20.0. The van der Waals surface area contributed by atoms with E-state index < -0.39 is 0 Å². The number of nitrogens with zero attached hydrogens (tertiary/aromatic N) is 3. The molecule has 66 heavy (non-hydrogen) atoms. The second-order valence-corrected chi connectivity index (χ2v) is 20.5. The van der Waals surface area contributed by atoms with Crippen LogP contribution in [0.2, 0.25) is 0 Å². The third-order valence-corrected chi connectivity index (χ3v) is 13.6. The second kappa shape index (κ2) is 14.8. The monoisotopic (exact) mass is 879 g/mol. The molecule has 3 heterocycles. The molecule has 0 aliphatic carbocycles. The molecule has 10 aromatic rings. The van der Waals surface area contributed by atoms with Crippen LogP contribution in [0.3, 0.4) is 0 Å². The van der Waals surface area contributed by atoms with E-state index >= 15 is 0 Å². The zero-order valence-electron chi connectivity index (χ0n) is 40.7. The molecule has 0 amide bonds. The number of benzene rings is 7. The van der Waals surface area contributed by atoms with Gasteiger partial charge in [-0.15, -0.1) is 0 Å². The van der Waals surface area contributed by atoms with Gasteiger partial charge in [0, 0.05) is 32.3 Å². The fourth-order valence-corrected chi connectivity index (χ4v) is 10.3. The highest BCUT2D eigenvalue weighted by Crippen LogP contribution is 2.62. The predicted molar refractivity (Wildman–Crippen MR) is 270 cm³/mol. The molecule has 9 heteroatoms. The summed E-state index contributed by atoms with van der Waals surface area (Å²) in [6.07, 6.45) is 0. The molecular formula is C57H57N3O6. The number of hydrogen-bond acceptors (Lipinski definition) is 9. The second-order valence-electron chi connectivity index (χ2n) is 20.5. The van der Waals surface area contributed by atoms with Gasteiger partial charge in [0.15, 0.2) is 0 Å². The quantitative estimate of drug-likeness (QED) is 0.104. The van der Waals surface area contributed by atoms with Crippen LogP contribution < -0.4 is 28.4 Å². The Morgan fingerprint density at radius 2 is 0.515 bits per heavy atom. The van der Waals surface area contributed by atoms with E-state index in [2.05, 4.69) is 135 Å². The summed E-state index contributed by atoms with van der Waals surface area (Å²) >= 11 is 0. The van der Waals surface area contributed by atoms with Crippen molar-refractivity contribution in [3.63, 3.8) is 0 Å². The number of aromatic nitrogens is 3. The van der Waals surface area contributed by atoms with E-state index in [1.165, 1.54) is 16.7 Å². The standard InChI is InChI=1S/C57H57N3O6/c1-55(2,3)31-22-16-28(17-23-31)34-46-40-37-41-39-42-38(40)44(53(58-46)65-14)50(62-11)36(30-20-26-33(27-21-30)57(7,8)9)48(42)60-54(66-15)45(39)51(63-12)35(29-18-24-32(25-19-29)56(4,5)6)47(41)59-52(64-13)43(37)49(34)61-10/h16-27H,1-15H3. The molecule has 3 aromatic heterocycles. The predicted octanol–water partition coefficient (Wildman–Crippen LogP) is 14.0. The van der Waals surface area contributed by atoms with E-state index in [1.54, 1.807) is 42.7 Å². The minimum Gasteiger partial charge on any atom is -0.495 e. The van der Waals surface area contributed by atoms with Crippen molar-refractivity contribution in [2.75, 3.05) is 42.7 Å². The van der Waals surface area contributed by atoms with Crippen LogP contribution in [0.5, 0.6) is 34.9 Å². The van der Waals surface area contributed by atoms with Crippen LogP contribution >= 0.6 is 0 Å². The summed E-state index contributed by atoms with van der Waals surface area (Å²) in [7, 11) is 10.1. The molecule has 0 N–H and O–H groups in total. The molecule has 0 saturated carbocycles. The number of hydrogen-bond donors (Lipinski definition) is 0. The maximum atomic E-state index is 6.58. The van der Waals surface area contributed by atoms with Gasteiger partial charge in [-0.25, -0.2) is 15.0 Å². The molecule has 0 fully saturated rings. The van der Waals surface area contributed by atoms with Gasteiger partial charge < -0.3 is 28.4 Å². The Bertz CT molecular complexity index is 3100. The molecule has 0 saturated heterocycles. The minimum absolute atomic E-state index is 0.0550. The third kappa shape index (κ3) is 6.00. The normalized spacial score (nSPS) is 12.8. The van der Waals surface area contributed by atoms with Crippen molar-refractivity contribution in [1.82, 2.24) is 15.0 Å². The molecule has 0 radical (unpaired) electrons. The van der Waals surface area contributed by atoms with Crippen LogP contribution in [-0.2, 0) is 16.2 Å². The number of ether oxygens (including phenoxy) is 6. The zero-order chi connectivity index (χ0) is 46.9. The van der Waals surface area contributed by atoms with E-state index in [-0.39, 0.29) is 16.2 Å². The van der Waals surface area contributed by atoms with E-state index in [0.717, 1.165) is 81.9 Å². The van der Waals surface area contributed by atoms with Gasteiger partial charge in [0.2, 0.25) is 17.6 Å². The Hall–Kier alpha value is -6.87. The van der Waals surface area contributed by atoms with Gasteiger partial charge in [0.1, 0.15) is 17.2 Å². The van der Waals surface area contributed by atoms with Crippen molar-refractivity contribution >= 4 is 65.0 Å². The Morgan fingerprint density at radius 3 is 0.697 bits per heavy atom. The van der Waals surface area contributed by atoms with Gasteiger partial charge in [-0.1, -0.05) is 135 Å². The molecule has 336 valence electrons. The summed E-state index contributed by atoms with van der Waals surface area (Å²) in [5.41, 5.74) is 10.7. The third-order valence-electron chi connectivity index (χ3n) is 13.6. The number of pyridine rings is 3. The van der Waals surface area contributed by atoms with Gasteiger partial charge in [-0.3, -0.25) is 0 Å². The average molecular weight is 880 g/mol. The van der Waals surface area contributed by atoms with Crippen LogP contribution in [0.4, 0.5) is 0 Å². The summed E-state index contributed by atoms with van der Waals surface area (Å²) in [4.78, 5) is 16.6. The van der Waals surface area contributed by atoms with Crippen molar-refractivity contribution in [2.24, 2.45) is 0 Å². The van der Waals surface area contributed by atoms with E-state index in [1.807, 2.05) is 0 Å². The smallest absolute Gasteiger partial charge is 0.225 e. The number of rotatable bonds is 9. The lowest BCUT2D eigenvalue weighted by atomic mass is 9.80. The topological polar surface area (TPSA) is 94.1 Å². The van der Waals surface area contributed by atoms with Gasteiger partial charge in [-0.2, -0.15) is 0 Å². The summed E-state index contributed by atoms with van der Waals surface area (Å²) < 4.78 is 38.9. The number of methoxy groups -OCH3 is 6. The lowest BCUT2D eigenvalue weighted by molar-refractivity contribution is 0.394. The summed E-state index contributed by atoms with van der Waals surface area (Å²) in [6, 6.07) is 26.0. The largest absolute Gasteiger partial charge is 0.495 e. The van der Waals surface area contributed by atoms with Crippen LogP contribution in [0, 0.1) is 0 Å². The molecule has 0 aliphatic rings. The van der Waals surface area contributed by atoms with E-state index in [4.69, 9.17) is 43.4 Å². The highest BCUT2D eigenvalue weighted by atomic mass is 16.5. The maximum absolute atomic E-state index is 6.58. The molecular weight excluding hydrogens is 823 g/mol. The lowest BCUT2D eigenvalue weighted by Gasteiger charge is -2.29. The lowest BCUT2D eigenvalue weighted by Crippen LogP contribution is -2.11. The molecule has 10 rings (SSSR count). The highest BCUT2D eigenvalue weighted by molar-refractivity contribution is 6.49. The Labute approximate surface area is 386 Å². The molecule has 0 aliphatic heterocycles. The SMILES string of the molecule is COc1nc2c(-c3ccc(C(C)(C)C)cc3)c(OC)c3c(OC)nc4c(-c5ccc(C(C)(C)C)cc5)c(OC)c5c(OC)nc6c(-c7ccc(C(C)(C)C)cc7)c(OC)c1c1c6c5c4c3c21. The molecule has 0 unspecified atom stereocenters. The first-order valence-corrected chi connectivity index (χ1v) is 22.5. The van der Waals surface area contributed by atoms with Crippen LogP contribution in [0.15, 0.2) is 72.8 Å². The fraction of sp³-hybridized carbons (Fsp3) is 0.316. The first-order valence-electron chi connectivity index (χ1n) is 22.5. The van der Waals surface area contributed by atoms with Crippen molar-refractivity contribution in [1.29, 1.82) is 0 Å². The molecule has 0 bridgehead atoms. The first-order chi connectivity index (χ1) is 31.4. The van der Waals surface area contributed by atoms with Crippen molar-refractivity contribution in [2.45, 2.75) is 78.6 Å². The van der Waals surface area contributed by atoms with E-state index in [0.29, 0.717) is 51.4 Å². The van der Waals surface area contributed by atoms with Crippen molar-refractivity contribution in [3.8, 4) is 68.3 Å². The average Bonchev–Trinajstić information content (AvgIpc) is 3.30. The molecule has 0 spiro atoms. The Kier molecular flexibility index (Phi) is 9.67. The summed E-state index contributed by atoms with van der Waals surface area (Å²) in [5, 5.41) is 7.47.